The summed E-state index contributed by atoms with van der Waals surface area (Å²) in [4.78, 5) is 65.3. The molecule has 5 N–H and O–H groups in total. The van der Waals surface area contributed by atoms with E-state index >= 15 is 0 Å². The highest BCUT2D eigenvalue weighted by Crippen LogP contribution is 2.33. The van der Waals surface area contributed by atoms with E-state index in [1.165, 1.54) is 11.6 Å². The number of nitrogens with one attached hydrogen (secondary N) is 5. The highest BCUT2D eigenvalue weighted by molar-refractivity contribution is 8.00. The smallest absolute Gasteiger partial charge is 0.315 e. The fourth-order valence-corrected chi connectivity index (χ4v) is 10.8. The number of hydrogen-bond donors (Lipinski definition) is 5. The van der Waals surface area contributed by atoms with E-state index in [-0.39, 0.29) is 54.9 Å². The predicted molar refractivity (Wildman–Crippen MR) is 311 cm³/mol. The third-order valence-electron chi connectivity index (χ3n) is 13.7. The van der Waals surface area contributed by atoms with Crippen LogP contribution in [-0.2, 0) is 61.7 Å². The number of unbranched alkanes of at least 4 members (excludes halogenated alkanes) is 1. The van der Waals surface area contributed by atoms with Crippen molar-refractivity contribution >= 4 is 53.0 Å². The Morgan fingerprint density at radius 1 is 0.598 bits per heavy atom. The number of thioether (sulfide) groups is 1. The highest BCUT2D eigenvalue weighted by atomic mass is 35.5. The molecule has 3 aliphatic heterocycles. The highest BCUT2D eigenvalue weighted by Gasteiger charge is 2.42. The number of amides is 6. The van der Waals surface area contributed by atoms with E-state index < -0.39 is 11.9 Å². The average Bonchev–Trinajstić information content (AvgIpc) is 4.14. The maximum atomic E-state index is 13.6. The maximum Gasteiger partial charge on any atom is 0.315 e. The zero-order valence-corrected chi connectivity index (χ0v) is 49.8. The molecular formula is C58H91ClN6O16S. The summed E-state index contributed by atoms with van der Waals surface area (Å²) in [5.74, 6) is 0.367. The van der Waals surface area contributed by atoms with Crippen molar-refractivity contribution < 1.29 is 76.1 Å². The summed E-state index contributed by atoms with van der Waals surface area (Å²) in [6.07, 6.45) is 4.97. The second-order valence-corrected chi connectivity index (χ2v) is 21.8. The van der Waals surface area contributed by atoms with Crippen LogP contribution in [0, 0.1) is 5.92 Å². The van der Waals surface area contributed by atoms with Gasteiger partial charge in [0.1, 0.15) is 6.04 Å². The van der Waals surface area contributed by atoms with Crippen LogP contribution in [0.1, 0.15) is 84.6 Å². The van der Waals surface area contributed by atoms with E-state index in [4.69, 9.17) is 63.7 Å². The van der Waals surface area contributed by atoms with Crippen LogP contribution >= 0.6 is 23.4 Å². The molecule has 0 spiro atoms. The normalized spacial score (nSPS) is 17.4. The van der Waals surface area contributed by atoms with Gasteiger partial charge in [-0.15, -0.1) is 0 Å². The molecule has 6 amide bonds. The van der Waals surface area contributed by atoms with Gasteiger partial charge in [0.25, 0.3) is 11.8 Å². The Balaban J connectivity index is 0.690. The van der Waals surface area contributed by atoms with Crippen molar-refractivity contribution in [1.82, 2.24) is 31.5 Å². The lowest BCUT2D eigenvalue weighted by atomic mass is 9.89. The van der Waals surface area contributed by atoms with E-state index in [0.29, 0.717) is 192 Å². The molecule has 82 heavy (non-hydrogen) atoms. The van der Waals surface area contributed by atoms with E-state index in [1.807, 2.05) is 54.8 Å². The quantitative estimate of drug-likeness (QED) is 0.0459. The molecule has 3 aliphatic rings. The van der Waals surface area contributed by atoms with E-state index in [2.05, 4.69) is 26.6 Å². The topological polar surface area (TPSA) is 250 Å². The van der Waals surface area contributed by atoms with Crippen LogP contribution in [-0.4, -0.2) is 235 Å². The molecule has 3 fully saturated rings. The maximum absolute atomic E-state index is 13.6. The fourth-order valence-electron chi connectivity index (χ4n) is 9.17. The summed E-state index contributed by atoms with van der Waals surface area (Å²) in [6, 6.07) is 14.0. The number of nitrogens with zero attached hydrogens (tertiary/aromatic N) is 1. The third-order valence-corrected chi connectivity index (χ3v) is 15.4. The molecule has 22 nitrogen and oxygen atoms in total. The van der Waals surface area contributed by atoms with Gasteiger partial charge in [-0.2, -0.15) is 11.8 Å². The minimum atomic E-state index is -0.695. The molecule has 0 aromatic heterocycles. The van der Waals surface area contributed by atoms with Crippen LogP contribution in [0.15, 0.2) is 48.5 Å². The Morgan fingerprint density at radius 2 is 1.05 bits per heavy atom. The van der Waals surface area contributed by atoms with Gasteiger partial charge in [0.2, 0.25) is 11.8 Å². The van der Waals surface area contributed by atoms with Gasteiger partial charge < -0.3 is 83.6 Å². The largest absolute Gasteiger partial charge is 0.377 e. The molecular weight excluding hydrogens is 1100 g/mol. The molecule has 24 heteroatoms. The van der Waals surface area contributed by atoms with Gasteiger partial charge in [-0.3, -0.25) is 19.2 Å². The first kappa shape index (κ1) is 68.6. The lowest BCUT2D eigenvalue weighted by Gasteiger charge is -2.35. The number of hydrogen-bond acceptors (Lipinski definition) is 17. The molecule has 3 heterocycles. The van der Waals surface area contributed by atoms with Crippen molar-refractivity contribution in [2.45, 2.75) is 81.7 Å². The number of carbonyl (C=O) groups excluding carboxylic acids is 5. The number of fused-ring (bicyclic) bond motifs is 1. The number of rotatable bonds is 47. The van der Waals surface area contributed by atoms with Gasteiger partial charge in [-0.05, 0) is 73.4 Å². The first-order valence-electron chi connectivity index (χ1n) is 29.1. The lowest BCUT2D eigenvalue weighted by Crippen LogP contribution is -2.52. The number of halogens is 1. The first-order chi connectivity index (χ1) is 40.1. The Bertz CT molecular complexity index is 2100. The van der Waals surface area contributed by atoms with Gasteiger partial charge in [0.05, 0.1) is 157 Å². The zero-order valence-electron chi connectivity index (χ0n) is 48.2. The molecule has 2 aromatic carbocycles. The second-order valence-electron chi connectivity index (χ2n) is 20.1. The standard InChI is InChI=1S/C58H91ClN6O16S/c1-44(2)53(57(69)65-18-14-46(15-19-65)45-10-12-49(59)13-11-45)63-56(68)48-7-5-6-47(42-48)55(67)61-17-21-72-23-25-74-27-29-76-31-33-78-35-37-80-39-41-81-40-38-79-36-34-77-32-30-75-28-26-73-24-22-71-20-16-60-52(66)9-4-3-8-51-54-50(43-82-51)62-58(70)64-54/h5-7,10-13,42,44,46,50-51,53-54H,3-4,8-9,14-41,43H2,1-2H3,(H,60,66)(H,61,67)(H,63,68)(H2,62,64,70)/t50-,51-,53+,54-/m0/s1. The summed E-state index contributed by atoms with van der Waals surface area (Å²) in [7, 11) is 0. The first-order valence-corrected chi connectivity index (χ1v) is 30.6. The predicted octanol–water partition coefficient (Wildman–Crippen LogP) is 4.26. The van der Waals surface area contributed by atoms with Crippen molar-refractivity contribution in [3.8, 4) is 0 Å². The van der Waals surface area contributed by atoms with Crippen molar-refractivity contribution in [3.05, 3.63) is 70.2 Å². The Labute approximate surface area is 493 Å². The number of ether oxygens (including phenoxy) is 11. The molecule has 0 radical (unpaired) electrons. The molecule has 2 aromatic rings. The van der Waals surface area contributed by atoms with Gasteiger partial charge in [0.15, 0.2) is 0 Å². The van der Waals surface area contributed by atoms with Crippen molar-refractivity contribution in [2.75, 3.05) is 177 Å². The summed E-state index contributed by atoms with van der Waals surface area (Å²) in [5, 5.41) is 15.7. The van der Waals surface area contributed by atoms with Crippen molar-refractivity contribution in [3.63, 3.8) is 0 Å². The van der Waals surface area contributed by atoms with Crippen LogP contribution in [0.3, 0.4) is 0 Å². The van der Waals surface area contributed by atoms with Gasteiger partial charge >= 0.3 is 6.03 Å². The minimum absolute atomic E-state index is 0.0336. The van der Waals surface area contributed by atoms with Gasteiger partial charge in [-0.1, -0.05) is 50.1 Å². The molecule has 0 saturated carbocycles. The number of benzene rings is 2. The molecule has 0 bridgehead atoms. The number of likely N-dealkylation sites (tertiary alicyclic amines) is 1. The Hall–Kier alpha value is -4.21. The second kappa shape index (κ2) is 42.6. The molecule has 4 atom stereocenters. The van der Waals surface area contributed by atoms with Gasteiger partial charge in [-0.25, -0.2) is 4.79 Å². The number of carbonyl (C=O) groups is 5. The molecule has 5 rings (SSSR count). The van der Waals surface area contributed by atoms with E-state index in [1.54, 1.807) is 18.2 Å². The van der Waals surface area contributed by atoms with Crippen LogP contribution in [0.5, 0.6) is 0 Å². The van der Waals surface area contributed by atoms with Crippen molar-refractivity contribution in [2.24, 2.45) is 5.92 Å². The number of piperidine rings is 1. The lowest BCUT2D eigenvalue weighted by molar-refractivity contribution is -0.135. The monoisotopic (exact) mass is 1190 g/mol. The van der Waals surface area contributed by atoms with Crippen LogP contribution in [0.2, 0.25) is 5.02 Å². The van der Waals surface area contributed by atoms with Gasteiger partial charge in [0, 0.05) is 59.8 Å². The van der Waals surface area contributed by atoms with Crippen LogP contribution < -0.4 is 26.6 Å². The SMILES string of the molecule is CC(C)[C@@H](NC(=O)c1cccc(C(=O)NCCOCCOCCOCCOCCOCCOCCOCCOCCOCCOCCOCCNC(=O)CCCC[C@@H]2SC[C@@H]3NC(=O)N[C@@H]32)c1)C(=O)N1CCC(c2ccc(Cl)cc2)CC1. The minimum Gasteiger partial charge on any atom is -0.377 e. The van der Waals surface area contributed by atoms with Crippen LogP contribution in [0.25, 0.3) is 0 Å². The van der Waals surface area contributed by atoms with E-state index in [9.17, 15) is 24.0 Å². The molecule has 462 valence electrons. The third kappa shape index (κ3) is 28.6. The zero-order chi connectivity index (χ0) is 58.2. The van der Waals surface area contributed by atoms with Crippen molar-refractivity contribution in [1.29, 1.82) is 0 Å². The Kier molecular flexibility index (Phi) is 35.6. The summed E-state index contributed by atoms with van der Waals surface area (Å²) in [5.41, 5.74) is 1.85. The Morgan fingerprint density at radius 3 is 1.52 bits per heavy atom. The van der Waals surface area contributed by atoms with Crippen LogP contribution in [0.4, 0.5) is 4.79 Å². The summed E-state index contributed by atoms with van der Waals surface area (Å²) in [6.45, 7) is 15.4. The summed E-state index contributed by atoms with van der Waals surface area (Å²) >= 11 is 7.96. The molecule has 0 unspecified atom stereocenters. The molecule has 0 aliphatic carbocycles. The summed E-state index contributed by atoms with van der Waals surface area (Å²) < 4.78 is 60.9. The fraction of sp³-hybridized carbons (Fsp3) is 0.707. The molecule has 3 saturated heterocycles. The average molecular weight is 1200 g/mol. The number of urea groups is 1. The van der Waals surface area contributed by atoms with E-state index in [0.717, 1.165) is 37.9 Å².